The van der Waals surface area contributed by atoms with Crippen molar-refractivity contribution < 1.29 is 13.9 Å². The van der Waals surface area contributed by atoms with Crippen molar-refractivity contribution in [2.24, 2.45) is 0 Å². The van der Waals surface area contributed by atoms with Gasteiger partial charge >= 0.3 is 0 Å². The molecule has 0 aliphatic rings. The van der Waals surface area contributed by atoms with Crippen molar-refractivity contribution in [1.29, 1.82) is 0 Å². The number of ether oxygens (including phenoxy) is 1. The normalized spacial score (nSPS) is 12.2. The third-order valence-electron chi connectivity index (χ3n) is 3.43. The van der Waals surface area contributed by atoms with E-state index in [4.69, 9.17) is 20.8 Å². The maximum Gasteiger partial charge on any atom is 0.287 e. The molecule has 1 heterocycles. The average Bonchev–Trinajstić information content (AvgIpc) is 3.02. The van der Waals surface area contributed by atoms with Crippen LogP contribution < -0.4 is 10.1 Å². The summed E-state index contributed by atoms with van der Waals surface area (Å²) in [5.74, 6) is 2.07. The first-order valence-corrected chi connectivity index (χ1v) is 8.22. The van der Waals surface area contributed by atoms with E-state index < -0.39 is 0 Å². The van der Waals surface area contributed by atoms with Crippen molar-refractivity contribution >= 4 is 17.5 Å². The molecule has 5 heteroatoms. The number of carbonyl (C=O) groups is 1. The molecule has 0 aliphatic carbocycles. The summed E-state index contributed by atoms with van der Waals surface area (Å²) in [6.45, 7) is 6.58. The highest BCUT2D eigenvalue weighted by Gasteiger charge is 2.13. The second-order valence-corrected chi connectivity index (χ2v) is 6.03. The van der Waals surface area contributed by atoms with Crippen LogP contribution in [0.2, 0.25) is 0 Å². The number of halogens is 1. The number of nitrogens with one attached hydrogen (secondary N) is 1. The Balaban J connectivity index is 1.86. The molecular formula is C18H22ClNO3. The first-order valence-electron chi connectivity index (χ1n) is 7.69. The Bertz CT molecular complexity index is 651. The zero-order valence-corrected chi connectivity index (χ0v) is 14.4. The Morgan fingerprint density at radius 3 is 2.70 bits per heavy atom. The van der Waals surface area contributed by atoms with Crippen molar-refractivity contribution in [3.63, 3.8) is 0 Å². The third kappa shape index (κ3) is 5.03. The SMILES string of the molecule is CC(CNC(=O)c1ccc(CCl)o1)Oc1cccc(C(C)C)c1. The summed E-state index contributed by atoms with van der Waals surface area (Å²) in [6.07, 6.45) is -0.149. The second-order valence-electron chi connectivity index (χ2n) is 5.77. The summed E-state index contributed by atoms with van der Waals surface area (Å²) in [5.41, 5.74) is 1.22. The zero-order chi connectivity index (χ0) is 16.8. The molecule has 124 valence electrons. The molecule has 0 bridgehead atoms. The van der Waals surface area contributed by atoms with E-state index in [2.05, 4.69) is 25.2 Å². The van der Waals surface area contributed by atoms with Gasteiger partial charge in [-0.05, 0) is 42.7 Å². The summed E-state index contributed by atoms with van der Waals surface area (Å²) >= 11 is 5.65. The van der Waals surface area contributed by atoms with Crippen LogP contribution in [-0.2, 0) is 5.88 Å². The molecule has 1 atom stereocenters. The number of hydrogen-bond acceptors (Lipinski definition) is 3. The molecule has 4 nitrogen and oxygen atoms in total. The summed E-state index contributed by atoms with van der Waals surface area (Å²) in [5, 5.41) is 2.79. The molecule has 2 aromatic rings. The Hall–Kier alpha value is -1.94. The molecule has 0 radical (unpaired) electrons. The highest BCUT2D eigenvalue weighted by atomic mass is 35.5. The highest BCUT2D eigenvalue weighted by Crippen LogP contribution is 2.20. The minimum atomic E-state index is -0.271. The van der Waals surface area contributed by atoms with Gasteiger partial charge in [-0.1, -0.05) is 26.0 Å². The summed E-state index contributed by atoms with van der Waals surface area (Å²) in [6, 6.07) is 11.3. The molecule has 0 saturated heterocycles. The van der Waals surface area contributed by atoms with Crippen molar-refractivity contribution in [3.05, 3.63) is 53.5 Å². The lowest BCUT2D eigenvalue weighted by atomic mass is 10.0. The largest absolute Gasteiger partial charge is 0.489 e. The van der Waals surface area contributed by atoms with Crippen molar-refractivity contribution in [3.8, 4) is 5.75 Å². The van der Waals surface area contributed by atoms with E-state index in [9.17, 15) is 4.79 Å². The van der Waals surface area contributed by atoms with Gasteiger partial charge in [0.1, 0.15) is 17.6 Å². The van der Waals surface area contributed by atoms with Gasteiger partial charge in [0.05, 0.1) is 12.4 Å². The zero-order valence-electron chi connectivity index (χ0n) is 13.6. The predicted octanol–water partition coefficient (Wildman–Crippen LogP) is 4.34. The number of furan rings is 1. The van der Waals surface area contributed by atoms with Gasteiger partial charge in [0, 0.05) is 0 Å². The van der Waals surface area contributed by atoms with E-state index in [-0.39, 0.29) is 23.7 Å². The van der Waals surface area contributed by atoms with Crippen LogP contribution in [-0.4, -0.2) is 18.6 Å². The van der Waals surface area contributed by atoms with E-state index >= 15 is 0 Å². The molecule has 0 fully saturated rings. The smallest absolute Gasteiger partial charge is 0.287 e. The fraction of sp³-hybridized carbons (Fsp3) is 0.389. The molecule has 1 unspecified atom stereocenters. The number of amides is 1. The van der Waals surface area contributed by atoms with Crippen LogP contribution in [0.3, 0.4) is 0 Å². The van der Waals surface area contributed by atoms with Gasteiger partial charge < -0.3 is 14.5 Å². The van der Waals surface area contributed by atoms with E-state index in [1.807, 2.05) is 25.1 Å². The van der Waals surface area contributed by atoms with Crippen LogP contribution in [0.5, 0.6) is 5.75 Å². The van der Waals surface area contributed by atoms with E-state index in [1.54, 1.807) is 12.1 Å². The van der Waals surface area contributed by atoms with Gasteiger partial charge in [-0.3, -0.25) is 4.79 Å². The van der Waals surface area contributed by atoms with Gasteiger partial charge in [0.15, 0.2) is 5.76 Å². The number of carbonyl (C=O) groups excluding carboxylic acids is 1. The fourth-order valence-electron chi connectivity index (χ4n) is 2.12. The van der Waals surface area contributed by atoms with Gasteiger partial charge in [0.2, 0.25) is 0 Å². The molecule has 23 heavy (non-hydrogen) atoms. The first-order chi connectivity index (χ1) is 11.0. The topological polar surface area (TPSA) is 51.5 Å². The van der Waals surface area contributed by atoms with E-state index in [0.29, 0.717) is 18.2 Å². The Morgan fingerprint density at radius 1 is 1.26 bits per heavy atom. The summed E-state index contributed by atoms with van der Waals surface area (Å²) in [4.78, 5) is 12.0. The van der Waals surface area contributed by atoms with E-state index in [1.165, 1.54) is 5.56 Å². The maximum atomic E-state index is 12.0. The van der Waals surface area contributed by atoms with Gasteiger partial charge in [-0.2, -0.15) is 0 Å². The van der Waals surface area contributed by atoms with Gasteiger partial charge in [0.25, 0.3) is 5.91 Å². The number of rotatable bonds is 7. The molecule has 1 amide bonds. The van der Waals surface area contributed by atoms with Crippen LogP contribution in [0.15, 0.2) is 40.8 Å². The van der Waals surface area contributed by atoms with Crippen LogP contribution in [0, 0.1) is 0 Å². The predicted molar refractivity (Wildman–Crippen MR) is 91.2 cm³/mol. The molecule has 1 N–H and O–H groups in total. The van der Waals surface area contributed by atoms with Gasteiger partial charge in [-0.15, -0.1) is 11.6 Å². The van der Waals surface area contributed by atoms with Crippen LogP contribution in [0.1, 0.15) is 48.6 Å². The molecular weight excluding hydrogens is 314 g/mol. The first kappa shape index (κ1) is 17.4. The third-order valence-corrected chi connectivity index (χ3v) is 3.69. The Morgan fingerprint density at radius 2 is 2.04 bits per heavy atom. The second kappa shape index (κ2) is 8.06. The van der Waals surface area contributed by atoms with Crippen molar-refractivity contribution in [2.75, 3.05) is 6.54 Å². The lowest BCUT2D eigenvalue weighted by molar-refractivity contribution is 0.0903. The van der Waals surface area contributed by atoms with Crippen molar-refractivity contribution in [2.45, 2.75) is 38.7 Å². The molecule has 1 aromatic carbocycles. The van der Waals surface area contributed by atoms with Crippen LogP contribution in [0.25, 0.3) is 0 Å². The number of hydrogen-bond donors (Lipinski definition) is 1. The average molecular weight is 336 g/mol. The quantitative estimate of drug-likeness (QED) is 0.766. The Kier molecular flexibility index (Phi) is 6.11. The van der Waals surface area contributed by atoms with Gasteiger partial charge in [-0.25, -0.2) is 0 Å². The fourth-order valence-corrected chi connectivity index (χ4v) is 2.26. The lowest BCUT2D eigenvalue weighted by Crippen LogP contribution is -2.33. The van der Waals surface area contributed by atoms with Crippen LogP contribution >= 0.6 is 11.6 Å². The number of benzene rings is 1. The molecule has 0 spiro atoms. The standard InChI is InChI=1S/C18H22ClNO3/c1-12(2)14-5-4-6-15(9-14)22-13(3)11-20-18(21)17-8-7-16(10-19)23-17/h4-9,12-13H,10-11H2,1-3H3,(H,20,21). The molecule has 0 saturated carbocycles. The number of alkyl halides is 1. The van der Waals surface area contributed by atoms with Crippen molar-refractivity contribution in [1.82, 2.24) is 5.32 Å². The van der Waals surface area contributed by atoms with Crippen LogP contribution in [0.4, 0.5) is 0 Å². The molecule has 0 aliphatic heterocycles. The Labute approximate surface area is 141 Å². The molecule has 2 rings (SSSR count). The monoisotopic (exact) mass is 335 g/mol. The molecule has 1 aromatic heterocycles. The van der Waals surface area contributed by atoms with E-state index in [0.717, 1.165) is 5.75 Å². The summed E-state index contributed by atoms with van der Waals surface area (Å²) in [7, 11) is 0. The summed E-state index contributed by atoms with van der Waals surface area (Å²) < 4.78 is 11.2. The maximum absolute atomic E-state index is 12.0. The minimum absolute atomic E-state index is 0.149. The highest BCUT2D eigenvalue weighted by molar-refractivity contribution is 6.16. The lowest BCUT2D eigenvalue weighted by Gasteiger charge is -2.16. The minimum Gasteiger partial charge on any atom is -0.489 e.